The van der Waals surface area contributed by atoms with Crippen LogP contribution in [0.2, 0.25) is 0 Å². The van der Waals surface area contributed by atoms with Crippen LogP contribution in [0.25, 0.3) is 17.1 Å². The molecule has 1 amide bonds. The van der Waals surface area contributed by atoms with Gasteiger partial charge in [0.25, 0.3) is 5.91 Å². The molecular formula is C27H34F2N6O3. The second-order valence-corrected chi connectivity index (χ2v) is 10.4. The van der Waals surface area contributed by atoms with Crippen molar-refractivity contribution in [2.75, 3.05) is 33.2 Å². The van der Waals surface area contributed by atoms with Crippen LogP contribution < -0.4 is 5.32 Å². The van der Waals surface area contributed by atoms with Crippen molar-refractivity contribution in [3.63, 3.8) is 0 Å². The fourth-order valence-electron chi connectivity index (χ4n) is 4.51. The first kappa shape index (κ1) is 27.5. The van der Waals surface area contributed by atoms with Crippen LogP contribution in [0.1, 0.15) is 55.4 Å². The number of nitrogens with one attached hydrogen (secondary N) is 1. The molecule has 1 aromatic heterocycles. The van der Waals surface area contributed by atoms with Crippen molar-refractivity contribution in [3.05, 3.63) is 52.9 Å². The van der Waals surface area contributed by atoms with Gasteiger partial charge < -0.3 is 20.4 Å². The quantitative estimate of drug-likeness (QED) is 0.430. The maximum Gasteiger partial charge on any atom is 0.289 e. The number of hydrogen-bond donors (Lipinski definition) is 3. The molecule has 2 heterocycles. The molecule has 1 fully saturated rings. The Morgan fingerprint density at radius 2 is 1.61 bits per heavy atom. The van der Waals surface area contributed by atoms with Crippen molar-refractivity contribution in [2.45, 2.75) is 46.2 Å². The Balaban J connectivity index is 1.83. The summed E-state index contributed by atoms with van der Waals surface area (Å²) in [5, 5.41) is 31.8. The molecule has 3 aromatic rings. The number of amides is 1. The average molecular weight is 529 g/mol. The van der Waals surface area contributed by atoms with E-state index < -0.39 is 17.5 Å². The summed E-state index contributed by atoms with van der Waals surface area (Å²) in [4.78, 5) is 17.2. The highest BCUT2D eigenvalue weighted by Crippen LogP contribution is 2.38. The largest absolute Gasteiger partial charge is 0.508 e. The maximum absolute atomic E-state index is 15.4. The van der Waals surface area contributed by atoms with Gasteiger partial charge >= 0.3 is 0 Å². The zero-order valence-corrected chi connectivity index (χ0v) is 22.3. The van der Waals surface area contributed by atoms with E-state index in [-0.39, 0.29) is 58.5 Å². The summed E-state index contributed by atoms with van der Waals surface area (Å²) in [7, 11) is 2.01. The summed E-state index contributed by atoms with van der Waals surface area (Å²) in [5.74, 6) is -2.82. The van der Waals surface area contributed by atoms with E-state index in [9.17, 15) is 15.0 Å². The van der Waals surface area contributed by atoms with Crippen LogP contribution in [-0.4, -0.2) is 80.0 Å². The third-order valence-corrected chi connectivity index (χ3v) is 6.66. The standard InChI is InChI=1S/C27H34F2N6O3/c1-15(2)18-12-19(24(37)13-23(18)36)25-31-32-26(27(38)30-16(3)4)35(25)17-10-21(28)20(22(29)11-17)14-34-8-6-33(5)7-9-34/h10-13,15-16,36-37H,6-9,14H2,1-5H3,(H,30,38). The van der Waals surface area contributed by atoms with E-state index in [1.54, 1.807) is 13.8 Å². The number of aromatic nitrogens is 3. The summed E-state index contributed by atoms with van der Waals surface area (Å²) in [6.45, 7) is 10.4. The maximum atomic E-state index is 15.4. The molecule has 3 N–H and O–H groups in total. The summed E-state index contributed by atoms with van der Waals surface area (Å²) in [6.07, 6.45) is 0. The first-order chi connectivity index (χ1) is 18.0. The van der Waals surface area contributed by atoms with Crippen LogP contribution >= 0.6 is 0 Å². The van der Waals surface area contributed by atoms with Crippen molar-refractivity contribution in [1.29, 1.82) is 0 Å². The zero-order chi connectivity index (χ0) is 27.7. The van der Waals surface area contributed by atoms with Crippen LogP contribution in [0.3, 0.4) is 0 Å². The van der Waals surface area contributed by atoms with Crippen molar-refractivity contribution in [1.82, 2.24) is 29.9 Å². The first-order valence-electron chi connectivity index (χ1n) is 12.7. The number of rotatable bonds is 7. The van der Waals surface area contributed by atoms with Gasteiger partial charge in [-0.1, -0.05) is 13.8 Å². The number of hydrogen-bond acceptors (Lipinski definition) is 7. The molecule has 0 aliphatic carbocycles. The zero-order valence-electron chi connectivity index (χ0n) is 22.3. The van der Waals surface area contributed by atoms with E-state index in [4.69, 9.17) is 0 Å². The number of phenolic OH excluding ortho intramolecular Hbond substituents is 2. The van der Waals surface area contributed by atoms with Crippen molar-refractivity contribution >= 4 is 5.91 Å². The van der Waals surface area contributed by atoms with E-state index >= 15 is 8.78 Å². The minimum atomic E-state index is -0.758. The number of phenols is 2. The Bertz CT molecular complexity index is 1310. The Hall–Kier alpha value is -3.57. The van der Waals surface area contributed by atoms with Crippen LogP contribution in [-0.2, 0) is 6.54 Å². The van der Waals surface area contributed by atoms with Gasteiger partial charge in [-0.3, -0.25) is 14.3 Å². The lowest BCUT2D eigenvalue weighted by atomic mass is 9.98. The van der Waals surface area contributed by atoms with Gasteiger partial charge in [-0.2, -0.15) is 0 Å². The third kappa shape index (κ3) is 5.63. The van der Waals surface area contributed by atoms with Gasteiger partial charge in [-0.05, 0) is 50.6 Å². The lowest BCUT2D eigenvalue weighted by molar-refractivity contribution is 0.0930. The van der Waals surface area contributed by atoms with Crippen LogP contribution in [0, 0.1) is 11.6 Å². The average Bonchev–Trinajstić information content (AvgIpc) is 3.27. The van der Waals surface area contributed by atoms with E-state index in [0.29, 0.717) is 18.7 Å². The van der Waals surface area contributed by atoms with Gasteiger partial charge in [0, 0.05) is 50.4 Å². The monoisotopic (exact) mass is 528 g/mol. The molecule has 1 aliphatic rings. The molecule has 11 heteroatoms. The Morgan fingerprint density at radius 3 is 2.18 bits per heavy atom. The minimum absolute atomic E-state index is 0.00363. The number of carbonyl (C=O) groups is 1. The van der Waals surface area contributed by atoms with E-state index in [1.165, 1.54) is 16.7 Å². The number of piperazine rings is 1. The number of nitrogens with zero attached hydrogens (tertiary/aromatic N) is 5. The summed E-state index contributed by atoms with van der Waals surface area (Å²) in [6, 6.07) is 4.78. The van der Waals surface area contributed by atoms with Gasteiger partial charge in [-0.15, -0.1) is 10.2 Å². The molecule has 2 aromatic carbocycles. The summed E-state index contributed by atoms with van der Waals surface area (Å²) < 4.78 is 32.0. The third-order valence-electron chi connectivity index (χ3n) is 6.66. The smallest absolute Gasteiger partial charge is 0.289 e. The summed E-state index contributed by atoms with van der Waals surface area (Å²) >= 11 is 0. The van der Waals surface area contributed by atoms with Crippen molar-refractivity contribution in [3.8, 4) is 28.6 Å². The highest BCUT2D eigenvalue weighted by Gasteiger charge is 2.27. The fraction of sp³-hybridized carbons (Fsp3) is 0.444. The molecule has 1 saturated heterocycles. The molecule has 0 bridgehead atoms. The predicted molar refractivity (Wildman–Crippen MR) is 140 cm³/mol. The minimum Gasteiger partial charge on any atom is -0.508 e. The van der Waals surface area contributed by atoms with Gasteiger partial charge in [0.1, 0.15) is 23.1 Å². The van der Waals surface area contributed by atoms with Gasteiger partial charge in [0.15, 0.2) is 5.82 Å². The van der Waals surface area contributed by atoms with E-state index in [0.717, 1.165) is 25.2 Å². The highest BCUT2D eigenvalue weighted by molar-refractivity contribution is 5.92. The molecule has 9 nitrogen and oxygen atoms in total. The number of likely N-dealkylation sites (N-methyl/N-ethyl adjacent to an activating group) is 1. The first-order valence-corrected chi connectivity index (χ1v) is 12.7. The topological polar surface area (TPSA) is 107 Å². The van der Waals surface area contributed by atoms with Crippen molar-refractivity contribution in [2.24, 2.45) is 0 Å². The fourth-order valence-corrected chi connectivity index (χ4v) is 4.51. The second kappa shape index (κ2) is 11.0. The summed E-state index contributed by atoms with van der Waals surface area (Å²) in [5.41, 5.74) is 0.621. The van der Waals surface area contributed by atoms with Crippen LogP contribution in [0.4, 0.5) is 8.78 Å². The number of aromatic hydroxyl groups is 2. The molecular weight excluding hydrogens is 494 g/mol. The lowest BCUT2D eigenvalue weighted by Gasteiger charge is -2.32. The predicted octanol–water partition coefficient (Wildman–Crippen LogP) is 3.63. The van der Waals surface area contributed by atoms with Gasteiger partial charge in [0.05, 0.1) is 11.3 Å². The number of halogens is 2. The van der Waals surface area contributed by atoms with Gasteiger partial charge in [0.2, 0.25) is 5.82 Å². The molecule has 0 saturated carbocycles. The second-order valence-electron chi connectivity index (χ2n) is 10.4. The molecule has 204 valence electrons. The highest BCUT2D eigenvalue weighted by atomic mass is 19.1. The Kier molecular flexibility index (Phi) is 7.98. The molecule has 1 aliphatic heterocycles. The van der Waals surface area contributed by atoms with Crippen LogP contribution in [0.15, 0.2) is 24.3 Å². The van der Waals surface area contributed by atoms with E-state index in [1.807, 2.05) is 25.8 Å². The molecule has 4 rings (SSSR count). The SMILES string of the molecule is CC(C)NC(=O)c1nnc(-c2cc(C(C)C)c(O)cc2O)n1-c1cc(F)c(CN2CCN(C)CC2)c(F)c1. The lowest BCUT2D eigenvalue weighted by Crippen LogP contribution is -2.44. The molecule has 0 atom stereocenters. The normalized spacial score (nSPS) is 15.0. The molecule has 0 unspecified atom stereocenters. The number of benzene rings is 2. The molecule has 38 heavy (non-hydrogen) atoms. The Labute approximate surface area is 220 Å². The van der Waals surface area contributed by atoms with Gasteiger partial charge in [-0.25, -0.2) is 8.78 Å². The molecule has 0 radical (unpaired) electrons. The van der Waals surface area contributed by atoms with Crippen LogP contribution in [0.5, 0.6) is 11.5 Å². The number of carbonyl (C=O) groups excluding carboxylic acids is 1. The molecule has 0 spiro atoms. The Morgan fingerprint density at radius 1 is 0.974 bits per heavy atom. The van der Waals surface area contributed by atoms with E-state index in [2.05, 4.69) is 20.4 Å². The van der Waals surface area contributed by atoms with Crippen molar-refractivity contribution < 1.29 is 23.8 Å².